The van der Waals surface area contributed by atoms with E-state index in [0.717, 1.165) is 0 Å². The summed E-state index contributed by atoms with van der Waals surface area (Å²) in [4.78, 5) is 26.3. The number of carbonyl (C=O) groups is 2. The molecule has 3 rings (SSSR count). The van der Waals surface area contributed by atoms with Gasteiger partial charge in [-0.25, -0.2) is 4.39 Å². The van der Waals surface area contributed by atoms with Crippen LogP contribution in [0.2, 0.25) is 0 Å². The highest BCUT2D eigenvalue weighted by Gasteiger charge is 2.21. The van der Waals surface area contributed by atoms with E-state index in [-0.39, 0.29) is 24.2 Å². The second-order valence-electron chi connectivity index (χ2n) is 6.49. The Morgan fingerprint density at radius 3 is 2.39 bits per heavy atom. The van der Waals surface area contributed by atoms with Crippen LogP contribution in [0.4, 0.5) is 15.8 Å². The van der Waals surface area contributed by atoms with Gasteiger partial charge in [0.1, 0.15) is 19.0 Å². The molecule has 0 spiro atoms. The monoisotopic (exact) mass is 387 g/mol. The molecule has 1 heterocycles. The zero-order chi connectivity index (χ0) is 20.1. The van der Waals surface area contributed by atoms with Gasteiger partial charge < -0.3 is 20.1 Å². The van der Waals surface area contributed by atoms with Crippen LogP contribution in [-0.4, -0.2) is 49.6 Å². The first-order valence-electron chi connectivity index (χ1n) is 8.88. The summed E-state index contributed by atoms with van der Waals surface area (Å²) in [5.41, 5.74) is 1.08. The largest absolute Gasteiger partial charge is 0.486 e. The summed E-state index contributed by atoms with van der Waals surface area (Å²) in [5.74, 6) is 0.303. The Labute approximate surface area is 162 Å². The van der Waals surface area contributed by atoms with Crippen LogP contribution in [-0.2, 0) is 9.59 Å². The van der Waals surface area contributed by atoms with E-state index in [4.69, 9.17) is 9.47 Å². The Bertz CT molecular complexity index is 857. The molecule has 28 heavy (non-hydrogen) atoms. The third kappa shape index (κ3) is 4.98. The minimum atomic E-state index is -0.549. The predicted molar refractivity (Wildman–Crippen MR) is 103 cm³/mol. The molecule has 2 aromatic rings. The lowest BCUT2D eigenvalue weighted by atomic mass is 10.2. The number of nitrogens with one attached hydrogen (secondary N) is 2. The normalized spacial score (nSPS) is 13.7. The molecule has 148 valence electrons. The van der Waals surface area contributed by atoms with Crippen molar-refractivity contribution in [2.75, 3.05) is 37.4 Å². The summed E-state index contributed by atoms with van der Waals surface area (Å²) in [6.45, 7) is 2.68. The van der Waals surface area contributed by atoms with Crippen molar-refractivity contribution in [3.8, 4) is 11.5 Å². The minimum absolute atomic E-state index is 0.00705. The van der Waals surface area contributed by atoms with Crippen molar-refractivity contribution in [1.82, 2.24) is 4.90 Å². The van der Waals surface area contributed by atoms with Crippen molar-refractivity contribution in [1.29, 1.82) is 0 Å². The van der Waals surface area contributed by atoms with Gasteiger partial charge in [0, 0.05) is 17.4 Å². The van der Waals surface area contributed by atoms with Crippen LogP contribution < -0.4 is 20.1 Å². The van der Waals surface area contributed by atoms with Gasteiger partial charge in [-0.15, -0.1) is 0 Å². The van der Waals surface area contributed by atoms with E-state index < -0.39 is 6.04 Å². The molecule has 0 radical (unpaired) electrons. The van der Waals surface area contributed by atoms with Crippen LogP contribution in [0.1, 0.15) is 6.92 Å². The standard InChI is InChI=1S/C20H22FN3O4/c1-13(24(2)12-19(25)22-15-5-3-14(21)4-6-15)20(26)23-16-7-8-17-18(11-16)28-10-9-27-17/h3-8,11,13H,9-10,12H2,1-2H3,(H,22,25)(H,23,26)/t13-/m1/s1. The molecule has 0 saturated carbocycles. The van der Waals surface area contributed by atoms with Crippen molar-refractivity contribution in [2.24, 2.45) is 0 Å². The van der Waals surface area contributed by atoms with E-state index >= 15 is 0 Å². The van der Waals surface area contributed by atoms with Crippen LogP contribution in [0.5, 0.6) is 11.5 Å². The number of nitrogens with zero attached hydrogens (tertiary/aromatic N) is 1. The van der Waals surface area contributed by atoms with Gasteiger partial charge >= 0.3 is 0 Å². The smallest absolute Gasteiger partial charge is 0.241 e. The first kappa shape index (κ1) is 19.6. The molecule has 0 aromatic heterocycles. The maximum atomic E-state index is 12.9. The fourth-order valence-corrected chi connectivity index (χ4v) is 2.67. The molecule has 1 aliphatic rings. The number of amides is 2. The Kier molecular flexibility index (Phi) is 6.10. The molecule has 1 atom stereocenters. The van der Waals surface area contributed by atoms with Crippen LogP contribution in [0.15, 0.2) is 42.5 Å². The summed E-state index contributed by atoms with van der Waals surface area (Å²) in [6.07, 6.45) is 0. The van der Waals surface area contributed by atoms with E-state index in [1.165, 1.54) is 24.3 Å². The maximum Gasteiger partial charge on any atom is 0.241 e. The fourth-order valence-electron chi connectivity index (χ4n) is 2.67. The Hall–Kier alpha value is -3.13. The topological polar surface area (TPSA) is 79.9 Å². The first-order valence-corrected chi connectivity index (χ1v) is 8.88. The summed E-state index contributed by atoms with van der Waals surface area (Å²) in [5, 5.41) is 5.48. The number of fused-ring (bicyclic) bond motifs is 1. The number of benzene rings is 2. The number of likely N-dealkylation sites (N-methyl/N-ethyl adjacent to an activating group) is 1. The van der Waals surface area contributed by atoms with Crippen LogP contribution in [0.25, 0.3) is 0 Å². The van der Waals surface area contributed by atoms with Gasteiger partial charge in [0.2, 0.25) is 11.8 Å². The average Bonchev–Trinajstić information content (AvgIpc) is 2.69. The van der Waals surface area contributed by atoms with Crippen molar-refractivity contribution in [3.63, 3.8) is 0 Å². The molecule has 0 aliphatic carbocycles. The Balaban J connectivity index is 1.53. The Morgan fingerprint density at radius 2 is 1.68 bits per heavy atom. The molecule has 1 aliphatic heterocycles. The molecular formula is C20H22FN3O4. The number of carbonyl (C=O) groups excluding carboxylic acids is 2. The second-order valence-corrected chi connectivity index (χ2v) is 6.49. The summed E-state index contributed by atoms with van der Waals surface area (Å²) in [6, 6.07) is 10.1. The summed E-state index contributed by atoms with van der Waals surface area (Å²) in [7, 11) is 1.68. The lowest BCUT2D eigenvalue weighted by molar-refractivity contribution is -0.122. The average molecular weight is 387 g/mol. The van der Waals surface area contributed by atoms with Crippen molar-refractivity contribution < 1.29 is 23.5 Å². The van der Waals surface area contributed by atoms with Crippen LogP contribution in [0.3, 0.4) is 0 Å². The highest BCUT2D eigenvalue weighted by molar-refractivity contribution is 5.96. The molecule has 0 unspecified atom stereocenters. The van der Waals surface area contributed by atoms with Crippen molar-refractivity contribution in [2.45, 2.75) is 13.0 Å². The zero-order valence-corrected chi connectivity index (χ0v) is 15.7. The lowest BCUT2D eigenvalue weighted by Crippen LogP contribution is -2.43. The molecule has 8 heteroatoms. The molecule has 0 saturated heterocycles. The molecule has 2 N–H and O–H groups in total. The maximum absolute atomic E-state index is 12.9. The van der Waals surface area contributed by atoms with Gasteiger partial charge in [0.25, 0.3) is 0 Å². The van der Waals surface area contributed by atoms with Gasteiger partial charge in [-0.05, 0) is 50.4 Å². The predicted octanol–water partition coefficient (Wildman–Crippen LogP) is 2.49. The molecule has 0 bridgehead atoms. The van der Waals surface area contributed by atoms with Gasteiger partial charge in [0.05, 0.1) is 12.6 Å². The van der Waals surface area contributed by atoms with Gasteiger partial charge in [-0.2, -0.15) is 0 Å². The van der Waals surface area contributed by atoms with E-state index in [9.17, 15) is 14.0 Å². The first-order chi connectivity index (χ1) is 13.4. The van der Waals surface area contributed by atoms with E-state index in [1.54, 1.807) is 37.1 Å². The second kappa shape index (κ2) is 8.71. The van der Waals surface area contributed by atoms with Crippen LogP contribution >= 0.6 is 0 Å². The van der Waals surface area contributed by atoms with Gasteiger partial charge in [0.15, 0.2) is 11.5 Å². The number of anilines is 2. The number of hydrogen-bond donors (Lipinski definition) is 2. The van der Waals surface area contributed by atoms with Crippen molar-refractivity contribution in [3.05, 3.63) is 48.3 Å². The molecule has 2 aromatic carbocycles. The van der Waals surface area contributed by atoms with E-state index in [2.05, 4.69) is 10.6 Å². The third-order valence-corrected chi connectivity index (χ3v) is 4.37. The highest BCUT2D eigenvalue weighted by atomic mass is 19.1. The number of hydrogen-bond acceptors (Lipinski definition) is 5. The summed E-state index contributed by atoms with van der Waals surface area (Å²) >= 11 is 0. The zero-order valence-electron chi connectivity index (χ0n) is 15.7. The quantitative estimate of drug-likeness (QED) is 0.796. The molecule has 7 nitrogen and oxygen atoms in total. The number of rotatable bonds is 6. The van der Waals surface area contributed by atoms with Gasteiger partial charge in [-0.1, -0.05) is 0 Å². The molecular weight excluding hydrogens is 365 g/mol. The number of ether oxygens (including phenoxy) is 2. The molecule has 0 fully saturated rings. The lowest BCUT2D eigenvalue weighted by Gasteiger charge is -2.24. The minimum Gasteiger partial charge on any atom is -0.486 e. The number of halogens is 1. The van der Waals surface area contributed by atoms with Gasteiger partial charge in [-0.3, -0.25) is 14.5 Å². The van der Waals surface area contributed by atoms with E-state index in [1.807, 2.05) is 0 Å². The molecule has 2 amide bonds. The third-order valence-electron chi connectivity index (χ3n) is 4.37. The van der Waals surface area contributed by atoms with Crippen LogP contribution in [0, 0.1) is 5.82 Å². The SMILES string of the molecule is C[C@H](C(=O)Nc1ccc2c(c1)OCCO2)N(C)CC(=O)Nc1ccc(F)cc1. The summed E-state index contributed by atoms with van der Waals surface area (Å²) < 4.78 is 23.9. The highest BCUT2D eigenvalue weighted by Crippen LogP contribution is 2.32. The van der Waals surface area contributed by atoms with E-state index in [0.29, 0.717) is 36.1 Å². The Morgan fingerprint density at radius 1 is 1.04 bits per heavy atom. The fraction of sp³-hybridized carbons (Fsp3) is 0.300. The van der Waals surface area contributed by atoms with Crippen molar-refractivity contribution >= 4 is 23.2 Å².